The number of rotatable bonds is 14. The zero-order valence-electron chi connectivity index (χ0n) is 22.6. The Morgan fingerprint density at radius 3 is 2.51 bits per heavy atom. The molecule has 1 aromatic carbocycles. The zero-order chi connectivity index (χ0) is 25.1. The highest BCUT2D eigenvalue weighted by atomic mass is 15.2. The first-order valence-corrected chi connectivity index (χ1v) is 13.8. The van der Waals surface area contributed by atoms with Gasteiger partial charge in [-0.05, 0) is 69.6 Å². The van der Waals surface area contributed by atoms with E-state index in [4.69, 9.17) is 0 Å². The van der Waals surface area contributed by atoms with E-state index in [9.17, 15) is 0 Å². The van der Waals surface area contributed by atoms with Crippen LogP contribution in [-0.2, 0) is 6.42 Å². The monoisotopic (exact) mass is 475 g/mol. The number of allylic oxidation sites excluding steroid dienone is 4. The number of likely N-dealkylation sites (N-methyl/N-ethyl adjacent to an activating group) is 2. The van der Waals surface area contributed by atoms with E-state index < -0.39 is 0 Å². The summed E-state index contributed by atoms with van der Waals surface area (Å²) >= 11 is 0. The Morgan fingerprint density at radius 1 is 1.11 bits per heavy atom. The van der Waals surface area contributed by atoms with Crippen LogP contribution < -0.4 is 10.6 Å². The molecule has 2 N–H and O–H groups in total. The van der Waals surface area contributed by atoms with E-state index in [1.165, 1.54) is 49.7 Å². The molecule has 0 spiro atoms. The molecule has 2 atom stereocenters. The summed E-state index contributed by atoms with van der Waals surface area (Å²) in [7, 11) is 4.27. The van der Waals surface area contributed by atoms with Gasteiger partial charge in [0.2, 0.25) is 0 Å². The SMILES string of the molecule is C=C(CCC1CCCCC1)NC(Cc1ccccc1)C(=C)N(C)C(C)(CNC)CC1=CCCC=C1. The zero-order valence-corrected chi connectivity index (χ0v) is 22.6. The first-order valence-electron chi connectivity index (χ1n) is 13.8. The summed E-state index contributed by atoms with van der Waals surface area (Å²) in [6.45, 7) is 12.4. The fraction of sp³-hybridized carbons (Fsp3) is 0.562. The fourth-order valence-electron chi connectivity index (χ4n) is 5.77. The molecule has 3 nitrogen and oxygen atoms in total. The van der Waals surface area contributed by atoms with Gasteiger partial charge in [0.1, 0.15) is 0 Å². The Bertz CT molecular complexity index is 862. The lowest BCUT2D eigenvalue weighted by Crippen LogP contribution is -2.53. The summed E-state index contributed by atoms with van der Waals surface area (Å²) in [5, 5.41) is 7.27. The summed E-state index contributed by atoms with van der Waals surface area (Å²) < 4.78 is 0. The van der Waals surface area contributed by atoms with Crippen molar-refractivity contribution >= 4 is 0 Å². The predicted octanol–water partition coefficient (Wildman–Crippen LogP) is 7.15. The van der Waals surface area contributed by atoms with E-state index in [0.29, 0.717) is 0 Å². The number of hydrogen-bond donors (Lipinski definition) is 2. The van der Waals surface area contributed by atoms with E-state index in [1.54, 1.807) is 0 Å². The third-order valence-electron chi connectivity index (χ3n) is 8.10. The van der Waals surface area contributed by atoms with Gasteiger partial charge in [-0.15, -0.1) is 0 Å². The van der Waals surface area contributed by atoms with Crippen LogP contribution >= 0.6 is 0 Å². The normalized spacial score (nSPS) is 18.9. The lowest BCUT2D eigenvalue weighted by atomic mass is 9.85. The summed E-state index contributed by atoms with van der Waals surface area (Å²) in [5.74, 6) is 0.872. The maximum atomic E-state index is 4.65. The van der Waals surface area contributed by atoms with Gasteiger partial charge in [0.05, 0.1) is 11.6 Å². The predicted molar refractivity (Wildman–Crippen MR) is 152 cm³/mol. The van der Waals surface area contributed by atoms with E-state index in [0.717, 1.165) is 56.0 Å². The number of hydrogen-bond acceptors (Lipinski definition) is 3. The molecule has 0 bridgehead atoms. The van der Waals surface area contributed by atoms with Gasteiger partial charge in [-0.2, -0.15) is 0 Å². The molecule has 2 aliphatic rings. The van der Waals surface area contributed by atoms with Gasteiger partial charge in [0, 0.05) is 25.0 Å². The van der Waals surface area contributed by atoms with Crippen LogP contribution in [0.15, 0.2) is 78.7 Å². The third-order valence-corrected chi connectivity index (χ3v) is 8.10. The number of nitrogens with one attached hydrogen (secondary N) is 2. The first kappa shape index (κ1) is 27.3. The third kappa shape index (κ3) is 8.42. The number of benzene rings is 1. The highest BCUT2D eigenvalue weighted by Gasteiger charge is 2.33. The summed E-state index contributed by atoms with van der Waals surface area (Å²) in [6.07, 6.45) is 20.5. The van der Waals surface area contributed by atoms with Crippen molar-refractivity contribution in [3.8, 4) is 0 Å². The summed E-state index contributed by atoms with van der Waals surface area (Å²) in [4.78, 5) is 2.42. The molecule has 1 fully saturated rings. The fourth-order valence-corrected chi connectivity index (χ4v) is 5.77. The van der Waals surface area contributed by atoms with Crippen LogP contribution in [0, 0.1) is 5.92 Å². The topological polar surface area (TPSA) is 27.3 Å². The van der Waals surface area contributed by atoms with E-state index in [2.05, 4.69) is 91.2 Å². The van der Waals surface area contributed by atoms with Crippen LogP contribution in [0.1, 0.15) is 76.7 Å². The smallest absolute Gasteiger partial charge is 0.0692 e. The molecule has 2 unspecified atom stereocenters. The Labute approximate surface area is 215 Å². The van der Waals surface area contributed by atoms with Gasteiger partial charge >= 0.3 is 0 Å². The molecule has 192 valence electrons. The molecule has 0 saturated heterocycles. The Hall–Kier alpha value is -2.26. The molecule has 0 heterocycles. The van der Waals surface area contributed by atoms with Crippen molar-refractivity contribution < 1.29 is 0 Å². The molecule has 0 aliphatic heterocycles. The average molecular weight is 476 g/mol. The molecule has 2 aliphatic carbocycles. The average Bonchev–Trinajstić information content (AvgIpc) is 2.88. The van der Waals surface area contributed by atoms with Gasteiger partial charge in [0.15, 0.2) is 0 Å². The van der Waals surface area contributed by atoms with Crippen LogP contribution in [0.2, 0.25) is 0 Å². The maximum absolute atomic E-state index is 4.65. The molecule has 0 radical (unpaired) electrons. The van der Waals surface area contributed by atoms with Gasteiger partial charge < -0.3 is 15.5 Å². The molecular weight excluding hydrogens is 426 g/mol. The van der Waals surface area contributed by atoms with Crippen LogP contribution in [0.3, 0.4) is 0 Å². The molecular formula is C32H49N3. The Kier molecular flexibility index (Phi) is 10.7. The molecule has 35 heavy (non-hydrogen) atoms. The second-order valence-corrected chi connectivity index (χ2v) is 11.0. The van der Waals surface area contributed by atoms with Crippen LogP contribution in [0.25, 0.3) is 0 Å². The van der Waals surface area contributed by atoms with E-state index >= 15 is 0 Å². The minimum absolute atomic E-state index is 0.0700. The summed E-state index contributed by atoms with van der Waals surface area (Å²) in [6, 6.07) is 10.9. The lowest BCUT2D eigenvalue weighted by molar-refractivity contribution is 0.167. The molecule has 0 aromatic heterocycles. The van der Waals surface area contributed by atoms with Gasteiger partial charge in [-0.1, -0.05) is 93.8 Å². The summed E-state index contributed by atoms with van der Waals surface area (Å²) in [5.41, 5.74) is 4.97. The van der Waals surface area contributed by atoms with Crippen molar-refractivity contribution in [3.05, 3.63) is 84.2 Å². The van der Waals surface area contributed by atoms with Crippen LogP contribution in [-0.4, -0.2) is 37.1 Å². The molecule has 3 rings (SSSR count). The minimum Gasteiger partial charge on any atom is -0.380 e. The van der Waals surface area contributed by atoms with E-state index in [-0.39, 0.29) is 11.6 Å². The van der Waals surface area contributed by atoms with Crippen LogP contribution in [0.5, 0.6) is 0 Å². The minimum atomic E-state index is -0.0700. The molecule has 3 heteroatoms. The van der Waals surface area contributed by atoms with Gasteiger partial charge in [-0.25, -0.2) is 0 Å². The van der Waals surface area contributed by atoms with Crippen molar-refractivity contribution in [3.63, 3.8) is 0 Å². The lowest BCUT2D eigenvalue weighted by Gasteiger charge is -2.44. The van der Waals surface area contributed by atoms with Gasteiger partial charge in [0.25, 0.3) is 0 Å². The van der Waals surface area contributed by atoms with E-state index in [1.807, 2.05) is 7.05 Å². The van der Waals surface area contributed by atoms with Crippen molar-refractivity contribution in [2.75, 3.05) is 20.6 Å². The van der Waals surface area contributed by atoms with Crippen molar-refractivity contribution in [1.82, 2.24) is 15.5 Å². The van der Waals surface area contributed by atoms with Crippen molar-refractivity contribution in [2.45, 2.75) is 89.1 Å². The van der Waals surface area contributed by atoms with Crippen LogP contribution in [0.4, 0.5) is 0 Å². The Balaban J connectivity index is 1.72. The maximum Gasteiger partial charge on any atom is 0.0692 e. The highest BCUT2D eigenvalue weighted by Crippen LogP contribution is 2.31. The van der Waals surface area contributed by atoms with Crippen molar-refractivity contribution in [2.24, 2.45) is 5.92 Å². The molecule has 0 amide bonds. The molecule has 1 saturated carbocycles. The second-order valence-electron chi connectivity index (χ2n) is 11.0. The standard InChI is InChI=1S/C32H49N3/c1-26(21-22-28-15-9-6-10-16-28)34-31(23-29-17-11-7-12-18-29)27(2)35(5)32(3,25-33-4)24-30-19-13-8-14-20-30/h7,11-13,17-20,28,31,33-34H,1-2,6,8-10,14-16,21-25H2,3-5H3. The largest absolute Gasteiger partial charge is 0.380 e. The van der Waals surface area contributed by atoms with Crippen molar-refractivity contribution in [1.29, 1.82) is 0 Å². The molecule has 1 aromatic rings. The second kappa shape index (κ2) is 13.7. The van der Waals surface area contributed by atoms with Gasteiger partial charge in [-0.3, -0.25) is 0 Å². The number of nitrogens with zero attached hydrogens (tertiary/aromatic N) is 1. The first-order chi connectivity index (χ1) is 16.9. The Morgan fingerprint density at radius 2 is 1.86 bits per heavy atom. The quantitative estimate of drug-likeness (QED) is 0.299. The highest BCUT2D eigenvalue weighted by molar-refractivity contribution is 5.27.